The van der Waals surface area contributed by atoms with Gasteiger partial charge in [-0.25, -0.2) is 9.37 Å². The smallest absolute Gasteiger partial charge is 0.260 e. The number of rotatable bonds is 0. The number of hydrogen-bond acceptors (Lipinski definition) is 3. The Labute approximate surface area is 94.9 Å². The number of aromatic nitrogens is 2. The van der Waals surface area contributed by atoms with Crippen LogP contribution in [0.25, 0.3) is 21.7 Å². The lowest BCUT2D eigenvalue weighted by molar-refractivity contribution is 0.630. The van der Waals surface area contributed by atoms with Crippen LogP contribution in [0.2, 0.25) is 0 Å². The standard InChI is InChI=1S/C12H8FN3O/c13-7-3-1-6-2-4-9-10(8(6)5-7)11(17)16-12(14)15-9/h1-5H,(H3,14,15,16,17). The molecule has 0 amide bonds. The van der Waals surface area contributed by atoms with E-state index in [0.29, 0.717) is 16.3 Å². The van der Waals surface area contributed by atoms with Crippen molar-refractivity contribution >= 4 is 27.6 Å². The van der Waals surface area contributed by atoms with Crippen molar-refractivity contribution in [2.75, 3.05) is 5.73 Å². The number of aromatic amines is 1. The van der Waals surface area contributed by atoms with Crippen molar-refractivity contribution in [1.29, 1.82) is 0 Å². The molecule has 0 spiro atoms. The van der Waals surface area contributed by atoms with Gasteiger partial charge < -0.3 is 5.73 Å². The summed E-state index contributed by atoms with van der Waals surface area (Å²) in [6.07, 6.45) is 0. The molecule has 0 unspecified atom stereocenters. The maximum atomic E-state index is 13.2. The summed E-state index contributed by atoms with van der Waals surface area (Å²) in [7, 11) is 0. The Kier molecular flexibility index (Phi) is 1.89. The number of benzene rings is 2. The monoisotopic (exact) mass is 229 g/mol. The molecule has 0 aliphatic rings. The molecule has 84 valence electrons. The van der Waals surface area contributed by atoms with Crippen LogP contribution in [0.5, 0.6) is 0 Å². The molecule has 4 nitrogen and oxygen atoms in total. The summed E-state index contributed by atoms with van der Waals surface area (Å²) in [5, 5.41) is 1.68. The SMILES string of the molecule is Nc1nc2ccc3ccc(F)cc3c2c(=O)[nH]1. The number of nitrogens with two attached hydrogens (primary N) is 1. The van der Waals surface area contributed by atoms with Crippen molar-refractivity contribution in [3.8, 4) is 0 Å². The van der Waals surface area contributed by atoms with Gasteiger partial charge in [0.1, 0.15) is 5.82 Å². The Hall–Kier alpha value is -2.43. The molecule has 0 fully saturated rings. The van der Waals surface area contributed by atoms with Gasteiger partial charge in [0.2, 0.25) is 5.95 Å². The molecular weight excluding hydrogens is 221 g/mol. The summed E-state index contributed by atoms with van der Waals surface area (Å²) < 4.78 is 13.2. The summed E-state index contributed by atoms with van der Waals surface area (Å²) in [5.74, 6) is -0.334. The molecule has 0 radical (unpaired) electrons. The largest absolute Gasteiger partial charge is 0.369 e. The number of nitrogens with one attached hydrogen (secondary N) is 1. The molecule has 1 aromatic heterocycles. The lowest BCUT2D eigenvalue weighted by atomic mass is 10.1. The Bertz CT molecular complexity index is 795. The third kappa shape index (κ3) is 1.44. The molecule has 0 saturated carbocycles. The fourth-order valence-electron chi connectivity index (χ4n) is 1.95. The molecule has 2 aromatic carbocycles. The Morgan fingerprint density at radius 3 is 2.82 bits per heavy atom. The minimum Gasteiger partial charge on any atom is -0.369 e. The number of fused-ring (bicyclic) bond motifs is 3. The maximum absolute atomic E-state index is 13.2. The second-order valence-corrected chi connectivity index (χ2v) is 3.78. The first-order valence-electron chi connectivity index (χ1n) is 5.03. The van der Waals surface area contributed by atoms with Gasteiger partial charge in [0.25, 0.3) is 5.56 Å². The molecule has 3 N–H and O–H groups in total. The minimum atomic E-state index is -0.388. The van der Waals surface area contributed by atoms with Crippen LogP contribution in [-0.2, 0) is 0 Å². The maximum Gasteiger partial charge on any atom is 0.260 e. The van der Waals surface area contributed by atoms with E-state index < -0.39 is 0 Å². The van der Waals surface area contributed by atoms with Crippen molar-refractivity contribution in [1.82, 2.24) is 9.97 Å². The quantitative estimate of drug-likeness (QED) is 0.577. The molecule has 0 aliphatic carbocycles. The first-order chi connectivity index (χ1) is 8.15. The molecule has 1 heterocycles. The second kappa shape index (κ2) is 3.28. The highest BCUT2D eigenvalue weighted by atomic mass is 19.1. The fraction of sp³-hybridized carbons (Fsp3) is 0. The topological polar surface area (TPSA) is 71.8 Å². The van der Waals surface area contributed by atoms with Gasteiger partial charge >= 0.3 is 0 Å². The van der Waals surface area contributed by atoms with Gasteiger partial charge in [-0.3, -0.25) is 9.78 Å². The molecule has 17 heavy (non-hydrogen) atoms. The Morgan fingerprint density at radius 2 is 2.00 bits per heavy atom. The van der Waals surface area contributed by atoms with Crippen LogP contribution in [0.1, 0.15) is 0 Å². The lowest BCUT2D eigenvalue weighted by Gasteiger charge is -2.03. The number of hydrogen-bond donors (Lipinski definition) is 2. The van der Waals surface area contributed by atoms with E-state index in [9.17, 15) is 9.18 Å². The third-order valence-corrected chi connectivity index (χ3v) is 2.67. The van der Waals surface area contributed by atoms with Gasteiger partial charge in [0, 0.05) is 0 Å². The summed E-state index contributed by atoms with van der Waals surface area (Å²) in [4.78, 5) is 18.3. The van der Waals surface area contributed by atoms with Crippen molar-refractivity contribution < 1.29 is 4.39 Å². The zero-order valence-electron chi connectivity index (χ0n) is 8.70. The average molecular weight is 229 g/mol. The highest BCUT2D eigenvalue weighted by Crippen LogP contribution is 2.22. The zero-order valence-corrected chi connectivity index (χ0v) is 8.70. The molecule has 0 bridgehead atoms. The molecular formula is C12H8FN3O. The summed E-state index contributed by atoms with van der Waals surface area (Å²) in [5.41, 5.74) is 5.56. The number of nitrogen functional groups attached to an aromatic ring is 1. The van der Waals surface area contributed by atoms with Gasteiger partial charge in [0.15, 0.2) is 0 Å². The van der Waals surface area contributed by atoms with Gasteiger partial charge in [0.05, 0.1) is 10.9 Å². The van der Waals surface area contributed by atoms with E-state index in [2.05, 4.69) is 9.97 Å². The zero-order chi connectivity index (χ0) is 12.0. The average Bonchev–Trinajstić information content (AvgIpc) is 2.27. The molecule has 5 heteroatoms. The molecule has 0 atom stereocenters. The number of anilines is 1. The summed E-state index contributed by atoms with van der Waals surface area (Å²) in [6, 6.07) is 7.78. The molecule has 0 saturated heterocycles. The van der Waals surface area contributed by atoms with E-state index in [0.717, 1.165) is 5.39 Å². The van der Waals surface area contributed by atoms with Crippen LogP contribution < -0.4 is 11.3 Å². The van der Waals surface area contributed by atoms with Crippen LogP contribution in [0.3, 0.4) is 0 Å². The number of nitrogens with zero attached hydrogens (tertiary/aromatic N) is 1. The van der Waals surface area contributed by atoms with E-state index in [1.807, 2.05) is 0 Å². The summed E-state index contributed by atoms with van der Waals surface area (Å²) >= 11 is 0. The predicted molar refractivity (Wildman–Crippen MR) is 64.2 cm³/mol. The van der Waals surface area contributed by atoms with Crippen LogP contribution in [0.15, 0.2) is 35.1 Å². The van der Waals surface area contributed by atoms with Gasteiger partial charge in [-0.2, -0.15) is 0 Å². The van der Waals surface area contributed by atoms with Crippen LogP contribution >= 0.6 is 0 Å². The number of halogens is 1. The first kappa shape index (κ1) is 9.77. The van der Waals surface area contributed by atoms with Gasteiger partial charge in [-0.05, 0) is 29.0 Å². The van der Waals surface area contributed by atoms with Crippen LogP contribution in [-0.4, -0.2) is 9.97 Å². The Morgan fingerprint density at radius 1 is 1.24 bits per heavy atom. The molecule has 3 rings (SSSR count). The van der Waals surface area contributed by atoms with Crippen molar-refractivity contribution in [3.05, 3.63) is 46.5 Å². The minimum absolute atomic E-state index is 0.0539. The highest BCUT2D eigenvalue weighted by molar-refractivity contribution is 6.05. The van der Waals surface area contributed by atoms with Gasteiger partial charge in [-0.1, -0.05) is 12.1 Å². The lowest BCUT2D eigenvalue weighted by Crippen LogP contribution is -2.11. The predicted octanol–water partition coefficient (Wildman–Crippen LogP) is 1.80. The van der Waals surface area contributed by atoms with Crippen LogP contribution in [0, 0.1) is 5.82 Å². The van der Waals surface area contributed by atoms with E-state index in [4.69, 9.17) is 5.73 Å². The highest BCUT2D eigenvalue weighted by Gasteiger charge is 2.07. The van der Waals surface area contributed by atoms with Crippen LogP contribution in [0.4, 0.5) is 10.3 Å². The second-order valence-electron chi connectivity index (χ2n) is 3.78. The normalized spacial score (nSPS) is 11.1. The fourth-order valence-corrected chi connectivity index (χ4v) is 1.95. The van der Waals surface area contributed by atoms with E-state index in [-0.39, 0.29) is 17.3 Å². The van der Waals surface area contributed by atoms with E-state index >= 15 is 0 Å². The van der Waals surface area contributed by atoms with E-state index in [1.165, 1.54) is 12.1 Å². The number of H-pyrrole nitrogens is 1. The Balaban J connectivity index is 2.63. The third-order valence-electron chi connectivity index (χ3n) is 2.67. The van der Waals surface area contributed by atoms with Crippen molar-refractivity contribution in [2.24, 2.45) is 0 Å². The van der Waals surface area contributed by atoms with Crippen molar-refractivity contribution in [2.45, 2.75) is 0 Å². The molecule has 0 aliphatic heterocycles. The first-order valence-corrected chi connectivity index (χ1v) is 5.03. The molecule has 3 aromatic rings. The van der Waals surface area contributed by atoms with Gasteiger partial charge in [-0.15, -0.1) is 0 Å². The summed E-state index contributed by atoms with van der Waals surface area (Å²) in [6.45, 7) is 0. The van der Waals surface area contributed by atoms with Crippen molar-refractivity contribution in [3.63, 3.8) is 0 Å². The van der Waals surface area contributed by atoms with E-state index in [1.54, 1.807) is 18.2 Å².